The van der Waals surface area contributed by atoms with Crippen LogP contribution in [0.15, 0.2) is 0 Å². The molecule has 0 amide bonds. The summed E-state index contributed by atoms with van der Waals surface area (Å²) in [5.74, 6) is 0. The third kappa shape index (κ3) is 2.40. The quantitative estimate of drug-likeness (QED) is 0.672. The van der Waals surface area contributed by atoms with Crippen LogP contribution in [0.5, 0.6) is 0 Å². The second-order valence-corrected chi connectivity index (χ2v) is 7.46. The molecule has 0 aliphatic rings. The molecule has 0 aromatic heterocycles. The van der Waals surface area contributed by atoms with Crippen LogP contribution < -0.4 is 0 Å². The molecule has 4 heteroatoms. The first-order chi connectivity index (χ1) is 5.27. The maximum atomic E-state index is 9.93. The molecule has 0 aliphatic carbocycles. The van der Waals surface area contributed by atoms with E-state index in [2.05, 4.69) is 0 Å². The van der Waals surface area contributed by atoms with Gasteiger partial charge in [-0.1, -0.05) is 0 Å². The van der Waals surface area contributed by atoms with Crippen LogP contribution in [0.3, 0.4) is 0 Å². The van der Waals surface area contributed by atoms with Gasteiger partial charge in [0.25, 0.3) is 0 Å². The molecule has 2 N–H and O–H groups in total. The Kier molecular flexibility index (Phi) is 4.12. The zero-order valence-corrected chi connectivity index (χ0v) is 9.76. The van der Waals surface area contributed by atoms with Gasteiger partial charge in [-0.25, -0.2) is 0 Å². The Balaban J connectivity index is 4.57. The summed E-state index contributed by atoms with van der Waals surface area (Å²) < 4.78 is 1.77. The van der Waals surface area contributed by atoms with E-state index >= 15 is 0 Å². The van der Waals surface area contributed by atoms with Crippen LogP contribution in [-0.4, -0.2) is 32.7 Å². The van der Waals surface area contributed by atoms with Gasteiger partial charge in [-0.05, 0) is 0 Å². The van der Waals surface area contributed by atoms with Crippen molar-refractivity contribution in [1.82, 2.24) is 4.67 Å². The van der Waals surface area contributed by atoms with Gasteiger partial charge >= 0.3 is 75.2 Å². The SMILES string of the molecule is CCN(CC)[PH](O)(O)C(C)(C)C. The number of hydrogen-bond donors (Lipinski definition) is 2. The van der Waals surface area contributed by atoms with Gasteiger partial charge in [0, 0.05) is 0 Å². The van der Waals surface area contributed by atoms with Crippen molar-refractivity contribution in [2.45, 2.75) is 39.8 Å². The molecule has 0 unspecified atom stereocenters. The van der Waals surface area contributed by atoms with Crippen LogP contribution in [-0.2, 0) is 0 Å². The van der Waals surface area contributed by atoms with E-state index in [1.54, 1.807) is 4.67 Å². The second-order valence-electron chi connectivity index (χ2n) is 4.06. The van der Waals surface area contributed by atoms with Crippen molar-refractivity contribution in [3.8, 4) is 0 Å². The third-order valence-corrected chi connectivity index (χ3v) is 5.74. The van der Waals surface area contributed by atoms with E-state index in [1.807, 2.05) is 34.6 Å². The third-order valence-electron chi connectivity index (χ3n) is 2.21. The monoisotopic (exact) mass is 195 g/mol. The Bertz CT molecular complexity index is 138. The van der Waals surface area contributed by atoms with Crippen molar-refractivity contribution in [2.75, 3.05) is 13.1 Å². The van der Waals surface area contributed by atoms with Gasteiger partial charge in [-0.2, -0.15) is 0 Å². The Labute approximate surface area is 76.0 Å². The topological polar surface area (TPSA) is 43.7 Å². The molecule has 0 aliphatic heterocycles. The number of hydrogen-bond acceptors (Lipinski definition) is 3. The normalized spacial score (nSPS) is 15.3. The summed E-state index contributed by atoms with van der Waals surface area (Å²) in [6.45, 7) is 10.9. The molecule has 0 bridgehead atoms. The molecule has 0 aromatic rings. The van der Waals surface area contributed by atoms with Crippen molar-refractivity contribution >= 4 is 7.87 Å². The van der Waals surface area contributed by atoms with Crippen LogP contribution in [0.2, 0.25) is 0 Å². The van der Waals surface area contributed by atoms with Crippen LogP contribution in [0, 0.1) is 0 Å². The van der Waals surface area contributed by atoms with Crippen molar-refractivity contribution in [3.05, 3.63) is 0 Å². The molecule has 76 valence electrons. The van der Waals surface area contributed by atoms with E-state index in [-0.39, 0.29) is 0 Å². The van der Waals surface area contributed by atoms with E-state index in [0.717, 1.165) is 0 Å². The predicted molar refractivity (Wildman–Crippen MR) is 55.4 cm³/mol. The Morgan fingerprint density at radius 3 is 1.50 bits per heavy atom. The Morgan fingerprint density at radius 1 is 1.08 bits per heavy atom. The molecule has 0 fully saturated rings. The molecule has 0 spiro atoms. The summed E-state index contributed by atoms with van der Waals surface area (Å²) in [4.78, 5) is 19.9. The van der Waals surface area contributed by atoms with Crippen molar-refractivity contribution in [1.29, 1.82) is 0 Å². The average Bonchev–Trinajstić information content (AvgIpc) is 1.87. The van der Waals surface area contributed by atoms with Gasteiger partial charge in [0.15, 0.2) is 0 Å². The fourth-order valence-electron chi connectivity index (χ4n) is 1.14. The molecule has 12 heavy (non-hydrogen) atoms. The van der Waals surface area contributed by atoms with Crippen molar-refractivity contribution < 1.29 is 9.79 Å². The Hall–Kier alpha value is 0.310. The summed E-state index contributed by atoms with van der Waals surface area (Å²) in [6, 6.07) is 0. The average molecular weight is 195 g/mol. The van der Waals surface area contributed by atoms with E-state index < -0.39 is 13.0 Å². The minimum atomic E-state index is -3.20. The fourth-order valence-corrected chi connectivity index (χ4v) is 2.97. The molecule has 0 heterocycles. The molecule has 0 saturated heterocycles. The van der Waals surface area contributed by atoms with E-state index in [0.29, 0.717) is 13.1 Å². The first kappa shape index (κ1) is 12.3. The zero-order chi connectivity index (χ0) is 9.99. The molecule has 3 nitrogen and oxygen atoms in total. The zero-order valence-electron chi connectivity index (χ0n) is 8.76. The summed E-state index contributed by atoms with van der Waals surface area (Å²) in [6.07, 6.45) is 0. The fraction of sp³-hybridized carbons (Fsp3) is 1.00. The minimum absolute atomic E-state index is 0.404. The molecule has 0 aromatic carbocycles. The summed E-state index contributed by atoms with van der Waals surface area (Å²) in [5.41, 5.74) is 0. The second kappa shape index (κ2) is 4.01. The molecule has 0 rings (SSSR count). The first-order valence-electron chi connectivity index (χ1n) is 4.47. The van der Waals surface area contributed by atoms with Gasteiger partial charge in [0.1, 0.15) is 0 Å². The molecule has 0 radical (unpaired) electrons. The van der Waals surface area contributed by atoms with Crippen molar-refractivity contribution in [3.63, 3.8) is 0 Å². The van der Waals surface area contributed by atoms with Gasteiger partial charge in [-0.3, -0.25) is 0 Å². The molecule has 0 saturated carbocycles. The van der Waals surface area contributed by atoms with Gasteiger partial charge in [-0.15, -0.1) is 0 Å². The molecule has 0 atom stereocenters. The van der Waals surface area contributed by atoms with Crippen LogP contribution in [0.1, 0.15) is 34.6 Å². The summed E-state index contributed by atoms with van der Waals surface area (Å²) >= 11 is 0. The van der Waals surface area contributed by atoms with Crippen molar-refractivity contribution in [2.24, 2.45) is 0 Å². The number of nitrogens with zero attached hydrogens (tertiary/aromatic N) is 1. The van der Waals surface area contributed by atoms with Crippen LogP contribution in [0.4, 0.5) is 0 Å². The maximum absolute atomic E-state index is 9.93. The van der Waals surface area contributed by atoms with Crippen LogP contribution in [0.25, 0.3) is 0 Å². The van der Waals surface area contributed by atoms with Gasteiger partial charge < -0.3 is 0 Å². The molecular formula is C8H22NO2P. The Morgan fingerprint density at radius 2 is 1.42 bits per heavy atom. The first-order valence-corrected chi connectivity index (χ1v) is 6.31. The standard InChI is InChI=1S/C8H22NO2P/c1-6-9(7-2)12(10,11)8(3,4)5/h10-12H,6-7H2,1-5H3. The summed E-state index contributed by atoms with van der Waals surface area (Å²) in [5, 5.41) is -0.404. The number of rotatable bonds is 3. The van der Waals surface area contributed by atoms with Crippen LogP contribution >= 0.6 is 7.87 Å². The predicted octanol–water partition coefficient (Wildman–Crippen LogP) is 1.61. The van der Waals surface area contributed by atoms with E-state index in [9.17, 15) is 9.79 Å². The van der Waals surface area contributed by atoms with E-state index in [1.165, 1.54) is 0 Å². The van der Waals surface area contributed by atoms with Gasteiger partial charge in [0.2, 0.25) is 0 Å². The summed E-state index contributed by atoms with van der Waals surface area (Å²) in [7, 11) is -3.20. The van der Waals surface area contributed by atoms with Gasteiger partial charge in [0.05, 0.1) is 0 Å². The van der Waals surface area contributed by atoms with E-state index in [4.69, 9.17) is 0 Å². The molecular weight excluding hydrogens is 173 g/mol.